The maximum atomic E-state index is 12.9. The molecule has 138 valence electrons. The molecule has 1 fully saturated rings. The minimum atomic E-state index is -0.281. The van der Waals surface area contributed by atoms with Crippen molar-refractivity contribution in [1.82, 2.24) is 14.4 Å². The number of ether oxygens (including phenoxy) is 1. The number of hydrogen-bond acceptors (Lipinski definition) is 4. The molecule has 0 aliphatic carbocycles. The van der Waals surface area contributed by atoms with Crippen LogP contribution < -0.4 is 10.3 Å². The van der Waals surface area contributed by atoms with E-state index in [1.165, 1.54) is 22.8 Å². The van der Waals surface area contributed by atoms with Crippen molar-refractivity contribution in [1.29, 1.82) is 0 Å². The molecule has 1 saturated heterocycles. The van der Waals surface area contributed by atoms with Gasteiger partial charge in [0.2, 0.25) is 5.56 Å². The quantitative estimate of drug-likeness (QED) is 0.809. The van der Waals surface area contributed by atoms with E-state index in [0.717, 1.165) is 19.6 Å². The predicted molar refractivity (Wildman–Crippen MR) is 95.9 cm³/mol. The second-order valence-electron chi connectivity index (χ2n) is 6.30. The summed E-state index contributed by atoms with van der Waals surface area (Å²) in [4.78, 5) is 28.0. The molecular formula is C19H22FN3O3. The molecule has 0 bridgehead atoms. The zero-order valence-electron chi connectivity index (χ0n) is 14.7. The number of halogens is 1. The second kappa shape index (κ2) is 8.14. The fourth-order valence-electron chi connectivity index (χ4n) is 2.90. The first-order valence-corrected chi connectivity index (χ1v) is 8.59. The minimum absolute atomic E-state index is 0.0530. The number of rotatable bonds is 5. The SMILES string of the molecule is Cn1cc(C(=O)N2CCN(CCOc3ccc(F)cc3)CC2)ccc1=O. The number of aryl methyl sites for hydroxylation is 1. The van der Waals surface area contributed by atoms with Gasteiger partial charge in [-0.2, -0.15) is 0 Å². The van der Waals surface area contributed by atoms with E-state index in [4.69, 9.17) is 4.74 Å². The first-order chi connectivity index (χ1) is 12.5. The third kappa shape index (κ3) is 4.49. The Morgan fingerprint density at radius 1 is 1.08 bits per heavy atom. The zero-order chi connectivity index (χ0) is 18.5. The van der Waals surface area contributed by atoms with Crippen LogP contribution in [0, 0.1) is 5.82 Å². The highest BCUT2D eigenvalue weighted by atomic mass is 19.1. The van der Waals surface area contributed by atoms with E-state index < -0.39 is 0 Å². The average Bonchev–Trinajstić information content (AvgIpc) is 2.65. The van der Waals surface area contributed by atoms with Crippen molar-refractivity contribution in [3.63, 3.8) is 0 Å². The highest BCUT2D eigenvalue weighted by Gasteiger charge is 2.22. The summed E-state index contributed by atoms with van der Waals surface area (Å²) in [5.74, 6) is 0.314. The van der Waals surface area contributed by atoms with Gasteiger partial charge in [0.15, 0.2) is 0 Å². The van der Waals surface area contributed by atoms with Crippen molar-refractivity contribution in [2.24, 2.45) is 7.05 Å². The van der Waals surface area contributed by atoms with E-state index in [2.05, 4.69) is 4.90 Å². The molecule has 1 aromatic heterocycles. The van der Waals surface area contributed by atoms with E-state index in [1.54, 1.807) is 36.3 Å². The van der Waals surface area contributed by atoms with Crippen LogP contribution in [-0.2, 0) is 7.05 Å². The fraction of sp³-hybridized carbons (Fsp3) is 0.368. The molecule has 26 heavy (non-hydrogen) atoms. The number of carbonyl (C=O) groups excluding carboxylic acids is 1. The molecule has 0 saturated carbocycles. The number of amides is 1. The van der Waals surface area contributed by atoms with E-state index in [1.807, 2.05) is 0 Å². The van der Waals surface area contributed by atoms with E-state index in [0.29, 0.717) is 31.0 Å². The highest BCUT2D eigenvalue weighted by molar-refractivity contribution is 5.94. The molecule has 2 heterocycles. The second-order valence-corrected chi connectivity index (χ2v) is 6.30. The molecule has 6 nitrogen and oxygen atoms in total. The van der Waals surface area contributed by atoms with Gasteiger partial charge in [-0.05, 0) is 30.3 Å². The number of nitrogens with zero attached hydrogens (tertiary/aromatic N) is 3. The van der Waals surface area contributed by atoms with Gasteiger partial charge in [0.05, 0.1) is 5.56 Å². The summed E-state index contributed by atoms with van der Waals surface area (Å²) >= 11 is 0. The van der Waals surface area contributed by atoms with Crippen LogP contribution in [0.2, 0.25) is 0 Å². The standard InChI is InChI=1S/C19H22FN3O3/c1-21-14-15(2-7-18(21)24)19(25)23-10-8-22(9-11-23)12-13-26-17-5-3-16(20)4-6-17/h2-7,14H,8-13H2,1H3. The molecule has 1 aromatic carbocycles. The summed E-state index contributed by atoms with van der Waals surface area (Å²) in [7, 11) is 1.64. The lowest BCUT2D eigenvalue weighted by atomic mass is 10.2. The summed E-state index contributed by atoms with van der Waals surface area (Å²) in [5, 5.41) is 0. The molecule has 0 N–H and O–H groups in total. The van der Waals surface area contributed by atoms with Gasteiger partial charge in [-0.25, -0.2) is 4.39 Å². The Hall–Kier alpha value is -2.67. The Balaban J connectivity index is 1.44. The van der Waals surface area contributed by atoms with Crippen LogP contribution in [0.3, 0.4) is 0 Å². The summed E-state index contributed by atoms with van der Waals surface area (Å²) < 4.78 is 19.9. The number of benzene rings is 1. The molecule has 0 unspecified atom stereocenters. The fourth-order valence-corrected chi connectivity index (χ4v) is 2.90. The van der Waals surface area contributed by atoms with Gasteiger partial charge in [-0.15, -0.1) is 0 Å². The van der Waals surface area contributed by atoms with E-state index in [-0.39, 0.29) is 17.3 Å². The van der Waals surface area contributed by atoms with Crippen LogP contribution in [-0.4, -0.2) is 59.6 Å². The van der Waals surface area contributed by atoms with E-state index in [9.17, 15) is 14.0 Å². The average molecular weight is 359 g/mol. The maximum absolute atomic E-state index is 12.9. The minimum Gasteiger partial charge on any atom is -0.492 e. The van der Waals surface area contributed by atoms with Crippen molar-refractivity contribution < 1.29 is 13.9 Å². The monoisotopic (exact) mass is 359 g/mol. The molecule has 0 spiro atoms. The van der Waals surface area contributed by atoms with Crippen molar-refractivity contribution >= 4 is 5.91 Å². The molecule has 0 atom stereocenters. The molecule has 2 aromatic rings. The van der Waals surface area contributed by atoms with Crippen molar-refractivity contribution in [2.45, 2.75) is 0 Å². The first-order valence-electron chi connectivity index (χ1n) is 8.59. The third-order valence-corrected chi connectivity index (χ3v) is 4.48. The molecule has 7 heteroatoms. The Morgan fingerprint density at radius 2 is 1.77 bits per heavy atom. The maximum Gasteiger partial charge on any atom is 0.255 e. The van der Waals surface area contributed by atoms with Crippen LogP contribution in [0.5, 0.6) is 5.75 Å². The highest BCUT2D eigenvalue weighted by Crippen LogP contribution is 2.12. The number of pyridine rings is 1. The summed E-state index contributed by atoms with van der Waals surface area (Å²) in [5.41, 5.74) is 0.396. The van der Waals surface area contributed by atoms with Gasteiger partial charge in [0, 0.05) is 52.0 Å². The van der Waals surface area contributed by atoms with E-state index >= 15 is 0 Å². The molecule has 1 aliphatic rings. The lowest BCUT2D eigenvalue weighted by molar-refractivity contribution is 0.0619. The lowest BCUT2D eigenvalue weighted by Gasteiger charge is -2.34. The van der Waals surface area contributed by atoms with Crippen LogP contribution in [0.15, 0.2) is 47.4 Å². The van der Waals surface area contributed by atoms with Gasteiger partial charge >= 0.3 is 0 Å². The smallest absolute Gasteiger partial charge is 0.255 e. The topological polar surface area (TPSA) is 54.8 Å². The number of carbonyl (C=O) groups is 1. The Bertz CT molecular complexity index is 812. The number of hydrogen-bond donors (Lipinski definition) is 0. The van der Waals surface area contributed by atoms with Crippen LogP contribution in [0.1, 0.15) is 10.4 Å². The molecule has 1 amide bonds. The van der Waals surface area contributed by atoms with Crippen LogP contribution in [0.4, 0.5) is 4.39 Å². The first kappa shape index (κ1) is 18.1. The van der Waals surface area contributed by atoms with Gasteiger partial charge in [0.1, 0.15) is 18.2 Å². The van der Waals surface area contributed by atoms with Gasteiger partial charge in [-0.3, -0.25) is 14.5 Å². The summed E-state index contributed by atoms with van der Waals surface area (Å²) in [6.45, 7) is 4.07. The zero-order valence-corrected chi connectivity index (χ0v) is 14.7. The summed E-state index contributed by atoms with van der Waals surface area (Å²) in [6, 6.07) is 8.96. The Morgan fingerprint density at radius 3 is 2.42 bits per heavy atom. The number of aromatic nitrogens is 1. The third-order valence-electron chi connectivity index (χ3n) is 4.48. The van der Waals surface area contributed by atoms with Gasteiger partial charge < -0.3 is 14.2 Å². The van der Waals surface area contributed by atoms with Gasteiger partial charge in [-0.1, -0.05) is 0 Å². The Labute approximate surface area is 151 Å². The van der Waals surface area contributed by atoms with Crippen molar-refractivity contribution in [3.8, 4) is 5.75 Å². The van der Waals surface area contributed by atoms with Crippen LogP contribution >= 0.6 is 0 Å². The number of piperazine rings is 1. The lowest BCUT2D eigenvalue weighted by Crippen LogP contribution is -2.49. The molecule has 0 radical (unpaired) electrons. The predicted octanol–water partition coefficient (Wildman–Crippen LogP) is 1.36. The molecule has 3 rings (SSSR count). The normalized spacial score (nSPS) is 15.1. The van der Waals surface area contributed by atoms with Crippen LogP contribution in [0.25, 0.3) is 0 Å². The largest absolute Gasteiger partial charge is 0.492 e. The van der Waals surface area contributed by atoms with Crippen molar-refractivity contribution in [2.75, 3.05) is 39.3 Å². The Kier molecular flexibility index (Phi) is 5.68. The molecule has 1 aliphatic heterocycles. The van der Waals surface area contributed by atoms with Crippen molar-refractivity contribution in [3.05, 3.63) is 64.3 Å². The molecular weight excluding hydrogens is 337 g/mol. The van der Waals surface area contributed by atoms with Gasteiger partial charge in [0.25, 0.3) is 5.91 Å². The summed E-state index contributed by atoms with van der Waals surface area (Å²) in [6.07, 6.45) is 1.58.